The van der Waals surface area contributed by atoms with Crippen LogP contribution < -0.4 is 4.74 Å². The number of ether oxygens (including phenoxy) is 1. The van der Waals surface area contributed by atoms with Gasteiger partial charge in [-0.25, -0.2) is 0 Å². The second-order valence-corrected chi connectivity index (χ2v) is 4.95. The summed E-state index contributed by atoms with van der Waals surface area (Å²) in [4.78, 5) is 4.63. The predicted molar refractivity (Wildman–Crippen MR) is 71.2 cm³/mol. The molecule has 1 aromatic carbocycles. The van der Waals surface area contributed by atoms with Crippen molar-refractivity contribution in [2.24, 2.45) is 4.99 Å². The molecule has 0 spiro atoms. The Labute approximate surface area is 108 Å². The van der Waals surface area contributed by atoms with Crippen LogP contribution in [0.3, 0.4) is 0 Å². The zero-order chi connectivity index (χ0) is 13.3. The van der Waals surface area contributed by atoms with Crippen LogP contribution in [0.5, 0.6) is 5.75 Å². The topological polar surface area (TPSA) is 45.1 Å². The first-order valence-corrected chi connectivity index (χ1v) is 6.20. The van der Waals surface area contributed by atoms with Crippen LogP contribution >= 0.6 is 0 Å². The van der Waals surface area contributed by atoms with Crippen LogP contribution in [0, 0.1) is 0 Å². The van der Waals surface area contributed by atoms with E-state index in [1.807, 2.05) is 38.1 Å². The molecule has 0 fully saturated rings. The summed E-state index contributed by atoms with van der Waals surface area (Å²) < 4.78 is 5.34. The maximum Gasteiger partial charge on any atom is 0.154 e. The summed E-state index contributed by atoms with van der Waals surface area (Å²) in [7, 11) is 1.63. The van der Waals surface area contributed by atoms with Crippen molar-refractivity contribution in [1.82, 2.24) is 5.06 Å². The summed E-state index contributed by atoms with van der Waals surface area (Å²) in [6, 6.07) is 7.66. The fraction of sp³-hybridized carbons (Fsp3) is 0.500. The number of rotatable bonds is 3. The molecule has 1 aliphatic heterocycles. The Balaban J connectivity index is 2.44. The first-order chi connectivity index (χ1) is 8.52. The van der Waals surface area contributed by atoms with Crippen LogP contribution in [-0.2, 0) is 0 Å². The first kappa shape index (κ1) is 13.1. The molecule has 0 radical (unpaired) electrons. The van der Waals surface area contributed by atoms with Gasteiger partial charge in [-0.3, -0.25) is 4.99 Å². The lowest BCUT2D eigenvalue weighted by molar-refractivity contribution is -0.160. The van der Waals surface area contributed by atoms with E-state index in [2.05, 4.69) is 11.9 Å². The maximum absolute atomic E-state index is 10.4. The van der Waals surface area contributed by atoms with Crippen LogP contribution in [0.15, 0.2) is 29.3 Å². The van der Waals surface area contributed by atoms with Gasteiger partial charge in [-0.2, -0.15) is 5.06 Å². The van der Waals surface area contributed by atoms with E-state index in [9.17, 15) is 5.21 Å². The lowest BCUT2D eigenvalue weighted by Gasteiger charge is -2.30. The van der Waals surface area contributed by atoms with Crippen LogP contribution in [0.2, 0.25) is 0 Å². The molecule has 0 saturated heterocycles. The summed E-state index contributed by atoms with van der Waals surface area (Å²) in [6.45, 7) is 6.01. The zero-order valence-corrected chi connectivity index (χ0v) is 11.3. The number of hydroxylamine groups is 2. The molecule has 98 valence electrons. The van der Waals surface area contributed by atoms with Crippen molar-refractivity contribution in [2.75, 3.05) is 7.11 Å². The Hall–Kier alpha value is -1.39. The first-order valence-electron chi connectivity index (χ1n) is 6.20. The van der Waals surface area contributed by atoms with E-state index < -0.39 is 5.54 Å². The number of methoxy groups -OCH3 is 1. The van der Waals surface area contributed by atoms with Crippen molar-refractivity contribution in [3.8, 4) is 5.75 Å². The molecule has 1 aromatic rings. The molecule has 1 aliphatic rings. The third-order valence-corrected chi connectivity index (χ3v) is 3.54. The molecule has 0 aliphatic carbocycles. The van der Waals surface area contributed by atoms with Gasteiger partial charge in [-0.15, -0.1) is 0 Å². The van der Waals surface area contributed by atoms with Crippen LogP contribution in [0.1, 0.15) is 38.9 Å². The average molecular weight is 248 g/mol. The normalized spacial score (nSPS) is 22.9. The molecule has 4 heteroatoms. The Morgan fingerprint density at radius 1 is 1.39 bits per heavy atom. The summed E-state index contributed by atoms with van der Waals surface area (Å²) >= 11 is 0. The van der Waals surface area contributed by atoms with Gasteiger partial charge in [-0.1, -0.05) is 25.1 Å². The van der Waals surface area contributed by atoms with Gasteiger partial charge in [0.25, 0.3) is 0 Å². The molecule has 0 saturated carbocycles. The van der Waals surface area contributed by atoms with Gasteiger partial charge in [0, 0.05) is 11.3 Å². The fourth-order valence-corrected chi connectivity index (χ4v) is 2.40. The van der Waals surface area contributed by atoms with Gasteiger partial charge in [0.1, 0.15) is 5.75 Å². The van der Waals surface area contributed by atoms with E-state index in [1.54, 1.807) is 7.11 Å². The van der Waals surface area contributed by atoms with Gasteiger partial charge < -0.3 is 9.94 Å². The third kappa shape index (κ3) is 1.91. The van der Waals surface area contributed by atoms with Crippen LogP contribution in [0.4, 0.5) is 0 Å². The number of benzene rings is 1. The van der Waals surface area contributed by atoms with Gasteiger partial charge in [0.2, 0.25) is 0 Å². The molecule has 0 aromatic heterocycles. The van der Waals surface area contributed by atoms with Gasteiger partial charge >= 0.3 is 0 Å². The minimum Gasteiger partial charge on any atom is -0.496 e. The molecular weight excluding hydrogens is 228 g/mol. The van der Waals surface area contributed by atoms with Crippen molar-refractivity contribution < 1.29 is 9.94 Å². The highest BCUT2D eigenvalue weighted by atomic mass is 16.5. The second kappa shape index (κ2) is 4.71. The lowest BCUT2D eigenvalue weighted by atomic mass is 9.97. The molecule has 2 rings (SSSR count). The quantitative estimate of drug-likeness (QED) is 0.894. The molecule has 0 unspecified atom stereocenters. The molecule has 0 amide bonds. The molecule has 1 N–H and O–H groups in total. The number of nitrogens with zero attached hydrogens (tertiary/aromatic N) is 2. The Kier molecular flexibility index (Phi) is 3.41. The molecule has 1 heterocycles. The molecule has 1 atom stereocenters. The molecular formula is C14H20N2O2. The maximum atomic E-state index is 10.4. The van der Waals surface area contributed by atoms with Crippen molar-refractivity contribution in [3.63, 3.8) is 0 Å². The predicted octanol–water partition coefficient (Wildman–Crippen LogP) is 3.03. The van der Waals surface area contributed by atoms with Gasteiger partial charge in [0.05, 0.1) is 12.6 Å². The highest BCUT2D eigenvalue weighted by molar-refractivity contribution is 5.94. The second-order valence-electron chi connectivity index (χ2n) is 4.95. The average Bonchev–Trinajstić information content (AvgIpc) is 2.61. The summed E-state index contributed by atoms with van der Waals surface area (Å²) in [6.07, 6.45) is 0.446. The largest absolute Gasteiger partial charge is 0.496 e. The van der Waals surface area contributed by atoms with Crippen molar-refractivity contribution in [3.05, 3.63) is 29.8 Å². The Morgan fingerprint density at radius 2 is 2.06 bits per heavy atom. The molecule has 18 heavy (non-hydrogen) atoms. The minimum absolute atomic E-state index is 0.383. The van der Waals surface area contributed by atoms with Gasteiger partial charge in [0.15, 0.2) is 6.17 Å². The lowest BCUT2D eigenvalue weighted by Crippen LogP contribution is -2.43. The molecule has 0 bridgehead atoms. The summed E-state index contributed by atoms with van der Waals surface area (Å²) in [5.74, 6) is 0.749. The molecule has 4 nitrogen and oxygen atoms in total. The van der Waals surface area contributed by atoms with Crippen molar-refractivity contribution >= 4 is 5.71 Å². The Morgan fingerprint density at radius 3 is 2.61 bits per heavy atom. The van der Waals surface area contributed by atoms with Crippen molar-refractivity contribution in [2.45, 2.75) is 38.9 Å². The standard InChI is InChI=1S/C14H20N2O2/c1-5-12-14(2,3)16(17)13(15-12)10-8-6-7-9-11(10)18-4/h6-9,13,17H,5H2,1-4H3/t13-/m0/s1. The highest BCUT2D eigenvalue weighted by Crippen LogP contribution is 2.39. The van der Waals surface area contributed by atoms with E-state index >= 15 is 0 Å². The van der Waals surface area contributed by atoms with Crippen LogP contribution in [-0.4, -0.2) is 28.6 Å². The van der Waals surface area contributed by atoms with E-state index in [-0.39, 0.29) is 6.17 Å². The monoisotopic (exact) mass is 248 g/mol. The number of hydrogen-bond donors (Lipinski definition) is 1. The number of para-hydroxylation sites is 1. The summed E-state index contributed by atoms with van der Waals surface area (Å²) in [5.41, 5.74) is 1.46. The smallest absolute Gasteiger partial charge is 0.154 e. The summed E-state index contributed by atoms with van der Waals surface area (Å²) in [5, 5.41) is 11.7. The van der Waals surface area contributed by atoms with E-state index in [0.29, 0.717) is 0 Å². The van der Waals surface area contributed by atoms with E-state index in [4.69, 9.17) is 4.74 Å². The van der Waals surface area contributed by atoms with E-state index in [0.717, 1.165) is 23.4 Å². The van der Waals surface area contributed by atoms with Gasteiger partial charge in [-0.05, 0) is 26.3 Å². The fourth-order valence-electron chi connectivity index (χ4n) is 2.40. The zero-order valence-electron chi connectivity index (χ0n) is 11.3. The van der Waals surface area contributed by atoms with E-state index in [1.165, 1.54) is 5.06 Å². The Bertz CT molecular complexity index is 469. The van der Waals surface area contributed by atoms with Crippen molar-refractivity contribution in [1.29, 1.82) is 0 Å². The minimum atomic E-state index is -0.430. The number of hydrogen-bond acceptors (Lipinski definition) is 4. The highest BCUT2D eigenvalue weighted by Gasteiger charge is 2.42. The van der Waals surface area contributed by atoms with Crippen LogP contribution in [0.25, 0.3) is 0 Å². The third-order valence-electron chi connectivity index (χ3n) is 3.54. The SMILES string of the molecule is CCC1=N[C@H](c2ccccc2OC)N(O)C1(C)C. The number of aliphatic imine (C=N–C) groups is 1.